The third-order valence-corrected chi connectivity index (χ3v) is 4.92. The van der Waals surface area contributed by atoms with Gasteiger partial charge in [0.15, 0.2) is 0 Å². The molecule has 22 heavy (non-hydrogen) atoms. The minimum atomic E-state index is 0.294. The second-order valence-corrected chi connectivity index (χ2v) is 7.26. The average Bonchev–Trinajstić information content (AvgIpc) is 2.52. The van der Waals surface area contributed by atoms with Crippen LogP contribution in [0, 0.1) is 11.3 Å². The predicted molar refractivity (Wildman–Crippen MR) is 88.9 cm³/mol. The number of aliphatic hydroxyl groups is 1. The highest BCUT2D eigenvalue weighted by Crippen LogP contribution is 2.27. The van der Waals surface area contributed by atoms with Crippen LogP contribution in [-0.2, 0) is 11.3 Å². The number of likely N-dealkylation sites (tertiary alicyclic amines) is 1. The van der Waals surface area contributed by atoms with E-state index in [1.165, 1.54) is 11.3 Å². The van der Waals surface area contributed by atoms with Gasteiger partial charge in [0.25, 0.3) is 0 Å². The molecule has 2 N–H and O–H groups in total. The van der Waals surface area contributed by atoms with E-state index in [1.54, 1.807) is 0 Å². The Hall–Kier alpha value is -1.10. The first kappa shape index (κ1) is 15.8. The lowest BCUT2D eigenvalue weighted by Gasteiger charge is -2.38. The van der Waals surface area contributed by atoms with E-state index in [4.69, 9.17) is 4.74 Å². The molecule has 0 saturated carbocycles. The highest BCUT2D eigenvalue weighted by molar-refractivity contribution is 5.46. The third kappa shape index (κ3) is 4.00. The monoisotopic (exact) mass is 304 g/mol. The van der Waals surface area contributed by atoms with Gasteiger partial charge >= 0.3 is 0 Å². The molecule has 0 atom stereocenters. The van der Waals surface area contributed by atoms with E-state index in [9.17, 15) is 5.11 Å². The topological polar surface area (TPSA) is 44.7 Å². The Bertz CT molecular complexity index is 480. The zero-order chi connectivity index (χ0) is 15.4. The fraction of sp³-hybridized carbons (Fsp3) is 0.667. The molecule has 4 nitrogen and oxygen atoms in total. The fourth-order valence-corrected chi connectivity index (χ4v) is 3.23. The van der Waals surface area contributed by atoms with Gasteiger partial charge in [-0.25, -0.2) is 0 Å². The first-order valence-electron chi connectivity index (χ1n) is 8.41. The molecule has 122 valence electrons. The van der Waals surface area contributed by atoms with Crippen molar-refractivity contribution in [1.29, 1.82) is 0 Å². The number of ether oxygens (including phenoxy) is 1. The lowest BCUT2D eigenvalue weighted by Crippen LogP contribution is -2.45. The van der Waals surface area contributed by atoms with E-state index in [-0.39, 0.29) is 0 Å². The maximum absolute atomic E-state index is 9.22. The summed E-state index contributed by atoms with van der Waals surface area (Å²) in [5, 5.41) is 12.8. The zero-order valence-corrected chi connectivity index (χ0v) is 13.6. The number of anilines is 1. The smallest absolute Gasteiger partial charge is 0.0559 e. The van der Waals surface area contributed by atoms with Crippen LogP contribution in [-0.4, -0.2) is 49.5 Å². The van der Waals surface area contributed by atoms with E-state index in [2.05, 4.69) is 41.4 Å². The highest BCUT2D eigenvalue weighted by Gasteiger charge is 2.32. The summed E-state index contributed by atoms with van der Waals surface area (Å²) in [5.41, 5.74) is 2.86. The molecule has 1 aromatic carbocycles. The van der Waals surface area contributed by atoms with Crippen molar-refractivity contribution in [1.82, 2.24) is 4.90 Å². The Labute approximate surface area is 133 Å². The van der Waals surface area contributed by atoms with Crippen LogP contribution in [0.1, 0.15) is 25.3 Å². The van der Waals surface area contributed by atoms with Crippen LogP contribution in [0.5, 0.6) is 0 Å². The number of nitrogens with zero attached hydrogens (tertiary/aromatic N) is 1. The van der Waals surface area contributed by atoms with Gasteiger partial charge in [-0.2, -0.15) is 0 Å². The van der Waals surface area contributed by atoms with E-state index < -0.39 is 0 Å². The minimum absolute atomic E-state index is 0.294. The van der Waals surface area contributed by atoms with Crippen molar-refractivity contribution >= 4 is 5.69 Å². The van der Waals surface area contributed by atoms with Gasteiger partial charge in [-0.3, -0.25) is 4.90 Å². The molecule has 0 amide bonds. The lowest BCUT2D eigenvalue weighted by atomic mass is 9.88. The molecular formula is C18H28N2O2. The largest absolute Gasteiger partial charge is 0.396 e. The summed E-state index contributed by atoms with van der Waals surface area (Å²) in [6.07, 6.45) is 2.24. The van der Waals surface area contributed by atoms with Gasteiger partial charge in [-0.1, -0.05) is 19.1 Å². The van der Waals surface area contributed by atoms with Gasteiger partial charge in [0, 0.05) is 30.8 Å². The molecule has 0 aliphatic carbocycles. The number of piperidine rings is 1. The molecule has 0 aromatic heterocycles. The average molecular weight is 304 g/mol. The normalized spacial score (nSPS) is 22.3. The first-order chi connectivity index (χ1) is 10.7. The van der Waals surface area contributed by atoms with E-state index >= 15 is 0 Å². The molecule has 1 aromatic rings. The Morgan fingerprint density at radius 2 is 2.09 bits per heavy atom. The number of hydrogen-bond acceptors (Lipinski definition) is 4. The standard InChI is InChI=1S/C18H28N2O2/c1-18(13-22-14-18)12-19-17-4-2-3-16(9-17)10-20-7-5-15(11-21)6-8-20/h2-4,9,15,19,21H,5-8,10-14H2,1H3. The SMILES string of the molecule is CC1(CNc2cccc(CN3CCC(CO)CC3)c2)COC1. The molecule has 0 unspecified atom stereocenters. The van der Waals surface area contributed by atoms with Crippen molar-refractivity contribution in [3.8, 4) is 0 Å². The van der Waals surface area contributed by atoms with Crippen molar-refractivity contribution in [2.75, 3.05) is 44.8 Å². The molecule has 4 heteroatoms. The quantitative estimate of drug-likeness (QED) is 0.847. The minimum Gasteiger partial charge on any atom is -0.396 e. The van der Waals surface area contributed by atoms with Crippen molar-refractivity contribution in [3.63, 3.8) is 0 Å². The van der Waals surface area contributed by atoms with Crippen LogP contribution in [0.4, 0.5) is 5.69 Å². The first-order valence-corrected chi connectivity index (χ1v) is 8.41. The summed E-state index contributed by atoms with van der Waals surface area (Å²) >= 11 is 0. The summed E-state index contributed by atoms with van der Waals surface area (Å²) in [7, 11) is 0. The molecule has 0 bridgehead atoms. The number of hydrogen-bond donors (Lipinski definition) is 2. The van der Waals surface area contributed by atoms with Gasteiger partial charge in [0.2, 0.25) is 0 Å². The van der Waals surface area contributed by atoms with Gasteiger partial charge < -0.3 is 15.2 Å². The van der Waals surface area contributed by atoms with Crippen molar-refractivity contribution in [3.05, 3.63) is 29.8 Å². The van der Waals surface area contributed by atoms with Gasteiger partial charge in [0.1, 0.15) is 0 Å². The Kier molecular flexibility index (Phi) is 5.01. The lowest BCUT2D eigenvalue weighted by molar-refractivity contribution is -0.0924. The summed E-state index contributed by atoms with van der Waals surface area (Å²) in [5.74, 6) is 0.509. The van der Waals surface area contributed by atoms with Crippen LogP contribution in [0.2, 0.25) is 0 Å². The maximum Gasteiger partial charge on any atom is 0.0559 e. The molecule has 2 aliphatic rings. The van der Waals surface area contributed by atoms with Crippen molar-refractivity contribution in [2.24, 2.45) is 11.3 Å². The highest BCUT2D eigenvalue weighted by atomic mass is 16.5. The molecule has 3 rings (SSSR count). The Morgan fingerprint density at radius 1 is 1.32 bits per heavy atom. The second kappa shape index (κ2) is 6.99. The molecular weight excluding hydrogens is 276 g/mol. The number of aliphatic hydroxyl groups excluding tert-OH is 1. The molecule has 0 spiro atoms. The Morgan fingerprint density at radius 3 is 2.73 bits per heavy atom. The van der Waals surface area contributed by atoms with Crippen molar-refractivity contribution in [2.45, 2.75) is 26.3 Å². The summed E-state index contributed by atoms with van der Waals surface area (Å²) < 4.78 is 5.30. The van der Waals surface area contributed by atoms with Crippen LogP contribution in [0.3, 0.4) is 0 Å². The molecule has 2 fully saturated rings. The van der Waals surface area contributed by atoms with Crippen LogP contribution >= 0.6 is 0 Å². The summed E-state index contributed by atoms with van der Waals surface area (Å²) in [4.78, 5) is 2.49. The summed E-state index contributed by atoms with van der Waals surface area (Å²) in [6, 6.07) is 8.75. The second-order valence-electron chi connectivity index (χ2n) is 7.26. The van der Waals surface area contributed by atoms with Crippen LogP contribution in [0.25, 0.3) is 0 Å². The number of nitrogens with one attached hydrogen (secondary N) is 1. The number of benzene rings is 1. The van der Waals surface area contributed by atoms with E-state index in [0.717, 1.165) is 52.2 Å². The molecule has 2 heterocycles. The van der Waals surface area contributed by atoms with Crippen molar-refractivity contribution < 1.29 is 9.84 Å². The maximum atomic E-state index is 9.22. The predicted octanol–water partition coefficient (Wildman–Crippen LogP) is 2.34. The van der Waals surface area contributed by atoms with Crippen LogP contribution < -0.4 is 5.32 Å². The molecule has 0 radical (unpaired) electrons. The van der Waals surface area contributed by atoms with E-state index in [1.807, 2.05) is 0 Å². The fourth-order valence-electron chi connectivity index (χ4n) is 3.23. The van der Waals surface area contributed by atoms with E-state index in [0.29, 0.717) is 17.9 Å². The molecule has 2 saturated heterocycles. The van der Waals surface area contributed by atoms with Crippen LogP contribution in [0.15, 0.2) is 24.3 Å². The number of rotatable bonds is 6. The zero-order valence-electron chi connectivity index (χ0n) is 13.6. The van der Waals surface area contributed by atoms with Gasteiger partial charge in [-0.05, 0) is 49.5 Å². The van der Waals surface area contributed by atoms with Gasteiger partial charge in [-0.15, -0.1) is 0 Å². The summed E-state index contributed by atoms with van der Waals surface area (Å²) in [6.45, 7) is 8.50. The third-order valence-electron chi connectivity index (χ3n) is 4.92. The Balaban J connectivity index is 1.50. The van der Waals surface area contributed by atoms with Gasteiger partial charge in [0.05, 0.1) is 13.2 Å². The molecule has 2 aliphatic heterocycles.